The maximum atomic E-state index is 4.92. The molecule has 0 aliphatic carbocycles. The number of allylic oxidation sites excluding steroid dienone is 1. The van der Waals surface area contributed by atoms with E-state index in [2.05, 4.69) is 23.6 Å². The second-order valence-electron chi connectivity index (χ2n) is 1.10. The average molecular weight is 111 g/mol. The molecule has 8 heavy (non-hydrogen) atoms. The molecule has 0 aromatic heterocycles. The zero-order valence-corrected chi connectivity index (χ0v) is 4.59. The molecule has 0 radical (unpaired) electrons. The molecule has 0 unspecified atom stereocenters. The summed E-state index contributed by atoms with van der Waals surface area (Å²) in [5.74, 6) is 5.34. The van der Waals surface area contributed by atoms with Crippen LogP contribution in [0.1, 0.15) is 0 Å². The van der Waals surface area contributed by atoms with E-state index in [0.29, 0.717) is 5.82 Å². The molecule has 0 spiro atoms. The zero-order valence-electron chi connectivity index (χ0n) is 4.59. The number of aliphatic imine (C=N–C) groups is 1. The van der Waals surface area contributed by atoms with Crippen LogP contribution in [-0.4, -0.2) is 6.21 Å². The Morgan fingerprint density at radius 2 is 2.38 bits per heavy atom. The molecule has 0 aliphatic heterocycles. The van der Waals surface area contributed by atoms with E-state index in [4.69, 9.17) is 5.84 Å². The average Bonchev–Trinajstić information content (AvgIpc) is 1.83. The Morgan fingerprint density at radius 3 is 2.75 bits per heavy atom. The number of nitrogens with two attached hydrogens (primary N) is 1. The molecule has 0 aromatic rings. The number of hydrogen-bond acceptors (Lipinski definition) is 3. The molecule has 0 rings (SSSR count). The first kappa shape index (κ1) is 6.91. The van der Waals surface area contributed by atoms with Gasteiger partial charge in [0, 0.05) is 6.21 Å². The van der Waals surface area contributed by atoms with Crippen molar-refractivity contribution >= 4 is 6.21 Å². The van der Waals surface area contributed by atoms with Crippen LogP contribution < -0.4 is 11.3 Å². The Hall–Kier alpha value is -1.09. The van der Waals surface area contributed by atoms with Gasteiger partial charge in [-0.2, -0.15) is 0 Å². The summed E-state index contributed by atoms with van der Waals surface area (Å²) >= 11 is 0. The molecule has 0 bridgehead atoms. The topological polar surface area (TPSA) is 50.4 Å². The summed E-state index contributed by atoms with van der Waals surface area (Å²) in [6.07, 6.45) is 3.05. The fraction of sp³-hybridized carbons (Fsp3) is 0. The Bertz CT molecular complexity index is 115. The number of hydrazine groups is 1. The molecular weight excluding hydrogens is 102 g/mol. The van der Waals surface area contributed by atoms with Crippen molar-refractivity contribution in [1.82, 2.24) is 5.43 Å². The Balaban J connectivity index is 3.52. The Labute approximate surface area is 48.6 Å². The lowest BCUT2D eigenvalue weighted by Gasteiger charge is -1.91. The van der Waals surface area contributed by atoms with Gasteiger partial charge >= 0.3 is 0 Å². The van der Waals surface area contributed by atoms with Gasteiger partial charge < -0.3 is 5.43 Å². The first-order valence-electron chi connectivity index (χ1n) is 2.12. The summed E-state index contributed by atoms with van der Waals surface area (Å²) in [7, 11) is 0. The van der Waals surface area contributed by atoms with E-state index in [1.807, 2.05) is 0 Å². The maximum Gasteiger partial charge on any atom is 0.132 e. The molecule has 0 saturated carbocycles. The summed E-state index contributed by atoms with van der Waals surface area (Å²) < 4.78 is 0. The van der Waals surface area contributed by atoms with Crippen LogP contribution in [0, 0.1) is 0 Å². The molecule has 3 heteroatoms. The van der Waals surface area contributed by atoms with E-state index in [9.17, 15) is 0 Å². The third-order valence-electron chi connectivity index (χ3n) is 0.502. The van der Waals surface area contributed by atoms with E-state index in [0.717, 1.165) is 0 Å². The van der Waals surface area contributed by atoms with Crippen LogP contribution in [0.15, 0.2) is 30.0 Å². The Morgan fingerprint density at radius 1 is 1.75 bits per heavy atom. The molecule has 0 saturated heterocycles. The standard InChI is InChI=1S/C5H9N3/c1-3-4-7-5(2)8-6/h3-4,8H,1-2,6H2/b7-4-. The molecule has 0 aromatic carbocycles. The van der Waals surface area contributed by atoms with E-state index in [1.165, 1.54) is 6.21 Å². The van der Waals surface area contributed by atoms with Crippen LogP contribution >= 0.6 is 0 Å². The van der Waals surface area contributed by atoms with Gasteiger partial charge in [-0.1, -0.05) is 19.2 Å². The highest BCUT2D eigenvalue weighted by Gasteiger charge is 1.74. The van der Waals surface area contributed by atoms with Gasteiger partial charge in [-0.05, 0) is 0 Å². The second-order valence-corrected chi connectivity index (χ2v) is 1.10. The summed E-state index contributed by atoms with van der Waals surface area (Å²) in [4.78, 5) is 3.69. The van der Waals surface area contributed by atoms with Crippen LogP contribution in [0.4, 0.5) is 0 Å². The first-order chi connectivity index (χ1) is 3.81. The van der Waals surface area contributed by atoms with Crippen LogP contribution in [0.5, 0.6) is 0 Å². The normalized spacial score (nSPS) is 9.12. The maximum absolute atomic E-state index is 4.92. The van der Waals surface area contributed by atoms with Gasteiger partial charge in [-0.15, -0.1) is 0 Å². The quantitative estimate of drug-likeness (QED) is 0.310. The van der Waals surface area contributed by atoms with E-state index in [-0.39, 0.29) is 0 Å². The minimum atomic E-state index is 0.421. The van der Waals surface area contributed by atoms with Crippen molar-refractivity contribution in [1.29, 1.82) is 0 Å². The van der Waals surface area contributed by atoms with Gasteiger partial charge in [-0.25, -0.2) is 10.8 Å². The fourth-order valence-corrected chi connectivity index (χ4v) is 0.180. The SMILES string of the molecule is C=C/C=N\C(=C)NN. The van der Waals surface area contributed by atoms with Crippen molar-refractivity contribution in [2.24, 2.45) is 10.8 Å². The van der Waals surface area contributed by atoms with E-state index < -0.39 is 0 Å². The summed E-state index contributed by atoms with van der Waals surface area (Å²) in [5, 5.41) is 0. The third kappa shape index (κ3) is 3.11. The highest BCUT2D eigenvalue weighted by molar-refractivity contribution is 5.70. The van der Waals surface area contributed by atoms with Crippen LogP contribution in [-0.2, 0) is 0 Å². The molecular formula is C5H9N3. The number of nitrogens with zero attached hydrogens (tertiary/aromatic N) is 1. The van der Waals surface area contributed by atoms with Crippen LogP contribution in [0.2, 0.25) is 0 Å². The molecule has 0 fully saturated rings. The van der Waals surface area contributed by atoms with Crippen molar-refractivity contribution < 1.29 is 0 Å². The van der Waals surface area contributed by atoms with Crippen molar-refractivity contribution in [3.8, 4) is 0 Å². The van der Waals surface area contributed by atoms with Crippen molar-refractivity contribution in [3.05, 3.63) is 25.1 Å². The van der Waals surface area contributed by atoms with Gasteiger partial charge in [-0.3, -0.25) is 0 Å². The highest BCUT2D eigenvalue weighted by atomic mass is 15.3. The molecule has 0 aliphatic rings. The minimum Gasteiger partial charge on any atom is -0.309 e. The minimum absolute atomic E-state index is 0.421. The Kier molecular flexibility index (Phi) is 3.52. The summed E-state index contributed by atoms with van der Waals surface area (Å²) in [6.45, 7) is 6.84. The predicted molar refractivity (Wildman–Crippen MR) is 35.2 cm³/mol. The molecule has 44 valence electrons. The second kappa shape index (κ2) is 4.08. The number of rotatable bonds is 3. The van der Waals surface area contributed by atoms with Crippen molar-refractivity contribution in [2.45, 2.75) is 0 Å². The van der Waals surface area contributed by atoms with Crippen LogP contribution in [0.25, 0.3) is 0 Å². The van der Waals surface area contributed by atoms with Crippen molar-refractivity contribution in [3.63, 3.8) is 0 Å². The van der Waals surface area contributed by atoms with Gasteiger partial charge in [0.15, 0.2) is 0 Å². The molecule has 3 nitrogen and oxygen atoms in total. The van der Waals surface area contributed by atoms with Crippen molar-refractivity contribution in [2.75, 3.05) is 0 Å². The molecule has 3 N–H and O–H groups in total. The number of hydrogen-bond donors (Lipinski definition) is 2. The van der Waals surface area contributed by atoms with Gasteiger partial charge in [0.2, 0.25) is 0 Å². The van der Waals surface area contributed by atoms with E-state index >= 15 is 0 Å². The van der Waals surface area contributed by atoms with Gasteiger partial charge in [0.25, 0.3) is 0 Å². The summed E-state index contributed by atoms with van der Waals surface area (Å²) in [5.41, 5.74) is 2.26. The molecule has 0 heterocycles. The lowest BCUT2D eigenvalue weighted by atomic mass is 10.7. The molecule has 0 amide bonds. The van der Waals surface area contributed by atoms with E-state index in [1.54, 1.807) is 6.08 Å². The fourth-order valence-electron chi connectivity index (χ4n) is 0.180. The molecule has 0 atom stereocenters. The smallest absolute Gasteiger partial charge is 0.132 e. The first-order valence-corrected chi connectivity index (χ1v) is 2.12. The van der Waals surface area contributed by atoms with Gasteiger partial charge in [0.1, 0.15) is 5.82 Å². The monoisotopic (exact) mass is 111 g/mol. The highest BCUT2D eigenvalue weighted by Crippen LogP contribution is 1.77. The van der Waals surface area contributed by atoms with Crippen LogP contribution in [0.3, 0.4) is 0 Å². The largest absolute Gasteiger partial charge is 0.309 e. The zero-order chi connectivity index (χ0) is 6.41. The third-order valence-corrected chi connectivity index (χ3v) is 0.502. The van der Waals surface area contributed by atoms with Gasteiger partial charge in [0.05, 0.1) is 0 Å². The lowest BCUT2D eigenvalue weighted by Crippen LogP contribution is -2.18. The predicted octanol–water partition coefficient (Wildman–Crippen LogP) is 0.178. The lowest BCUT2D eigenvalue weighted by molar-refractivity contribution is 0.877. The summed E-state index contributed by atoms with van der Waals surface area (Å²) in [6, 6.07) is 0. The number of nitrogens with one attached hydrogen (secondary N) is 1.